The molecule has 4 rings (SSSR count). The summed E-state index contributed by atoms with van der Waals surface area (Å²) in [7, 11) is 3.11. The Bertz CT molecular complexity index is 1080. The first-order chi connectivity index (χ1) is 15.1. The minimum atomic E-state index is -0.226. The second-order valence-corrected chi connectivity index (χ2v) is 7.04. The molecule has 0 saturated carbocycles. The van der Waals surface area contributed by atoms with Crippen molar-refractivity contribution in [3.8, 4) is 11.5 Å². The number of rotatable bonds is 7. The Hall–Kier alpha value is -3.88. The molecule has 1 unspecified atom stereocenters. The molecule has 1 fully saturated rings. The summed E-state index contributed by atoms with van der Waals surface area (Å²) >= 11 is 0. The van der Waals surface area contributed by atoms with Crippen LogP contribution in [0.25, 0.3) is 0 Å². The van der Waals surface area contributed by atoms with Gasteiger partial charge in [-0.3, -0.25) is 9.59 Å². The molecule has 3 aromatic rings. The van der Waals surface area contributed by atoms with Crippen LogP contribution in [0.3, 0.4) is 0 Å². The van der Waals surface area contributed by atoms with E-state index in [1.807, 2.05) is 12.1 Å². The van der Waals surface area contributed by atoms with Crippen molar-refractivity contribution < 1.29 is 23.6 Å². The molecule has 1 atom stereocenters. The fraction of sp³-hybridized carbons (Fsp3) is 0.273. The molecular weight excluding hydrogens is 400 g/mol. The molecule has 1 N–H and O–H groups in total. The Kier molecular flexibility index (Phi) is 5.83. The third kappa shape index (κ3) is 4.35. The van der Waals surface area contributed by atoms with Gasteiger partial charge in [-0.1, -0.05) is 23.4 Å². The van der Waals surface area contributed by atoms with Gasteiger partial charge >= 0.3 is 0 Å². The summed E-state index contributed by atoms with van der Waals surface area (Å²) in [6.45, 7) is 0.532. The number of benzene rings is 2. The molecule has 1 aliphatic rings. The van der Waals surface area contributed by atoms with E-state index in [1.165, 1.54) is 0 Å². The highest BCUT2D eigenvalue weighted by atomic mass is 16.5. The van der Waals surface area contributed by atoms with Crippen LogP contribution >= 0.6 is 0 Å². The molecule has 0 spiro atoms. The SMILES string of the molecule is COc1ccc(N2CC(c3noc(CNC(=O)c4ccccc4)n3)CC2=O)cc1OC. The van der Waals surface area contributed by atoms with Gasteiger partial charge in [0.05, 0.1) is 20.8 Å². The third-order valence-corrected chi connectivity index (χ3v) is 5.09. The number of hydrogen-bond acceptors (Lipinski definition) is 7. The minimum Gasteiger partial charge on any atom is -0.493 e. The summed E-state index contributed by atoms with van der Waals surface area (Å²) < 4.78 is 15.8. The van der Waals surface area contributed by atoms with Crippen molar-refractivity contribution in [3.05, 3.63) is 65.8 Å². The number of carbonyl (C=O) groups is 2. The lowest BCUT2D eigenvalue weighted by atomic mass is 10.1. The predicted molar refractivity (Wildman–Crippen MR) is 111 cm³/mol. The van der Waals surface area contributed by atoms with Crippen molar-refractivity contribution in [1.82, 2.24) is 15.5 Å². The van der Waals surface area contributed by atoms with E-state index in [9.17, 15) is 9.59 Å². The normalized spacial score (nSPS) is 15.7. The van der Waals surface area contributed by atoms with Crippen molar-refractivity contribution in [3.63, 3.8) is 0 Å². The Morgan fingerprint density at radius 2 is 1.94 bits per heavy atom. The van der Waals surface area contributed by atoms with E-state index in [-0.39, 0.29) is 36.6 Å². The lowest BCUT2D eigenvalue weighted by molar-refractivity contribution is -0.117. The maximum Gasteiger partial charge on any atom is 0.251 e. The van der Waals surface area contributed by atoms with Gasteiger partial charge in [-0.15, -0.1) is 0 Å². The van der Waals surface area contributed by atoms with Gasteiger partial charge in [0.2, 0.25) is 11.8 Å². The van der Waals surface area contributed by atoms with Crippen molar-refractivity contribution in [2.24, 2.45) is 0 Å². The van der Waals surface area contributed by atoms with Gasteiger partial charge in [-0.25, -0.2) is 0 Å². The van der Waals surface area contributed by atoms with E-state index in [1.54, 1.807) is 55.5 Å². The Morgan fingerprint density at radius 3 is 2.68 bits per heavy atom. The summed E-state index contributed by atoms with van der Waals surface area (Å²) in [6, 6.07) is 14.2. The fourth-order valence-electron chi connectivity index (χ4n) is 3.48. The fourth-order valence-corrected chi connectivity index (χ4v) is 3.48. The van der Waals surface area contributed by atoms with Crippen molar-refractivity contribution in [2.75, 3.05) is 25.7 Å². The standard InChI is InChI=1S/C22H22N4O5/c1-29-17-9-8-16(11-18(17)30-2)26-13-15(10-20(26)27)21-24-19(31-25-21)12-23-22(28)14-6-4-3-5-7-14/h3-9,11,15H,10,12-13H2,1-2H3,(H,23,28). The Balaban J connectivity index is 1.41. The maximum absolute atomic E-state index is 12.6. The van der Waals surface area contributed by atoms with Crippen LogP contribution in [-0.4, -0.2) is 42.7 Å². The minimum absolute atomic E-state index is 0.0408. The van der Waals surface area contributed by atoms with E-state index in [4.69, 9.17) is 14.0 Å². The van der Waals surface area contributed by atoms with Gasteiger partial charge in [0.25, 0.3) is 5.91 Å². The van der Waals surface area contributed by atoms with E-state index in [0.717, 1.165) is 0 Å². The van der Waals surface area contributed by atoms with Gasteiger partial charge in [-0.05, 0) is 24.3 Å². The molecule has 9 nitrogen and oxygen atoms in total. The van der Waals surface area contributed by atoms with Crippen LogP contribution in [0.1, 0.15) is 34.4 Å². The van der Waals surface area contributed by atoms with Gasteiger partial charge in [0.1, 0.15) is 0 Å². The van der Waals surface area contributed by atoms with Crippen LogP contribution in [0.5, 0.6) is 11.5 Å². The molecule has 2 amide bonds. The average Bonchev–Trinajstić information content (AvgIpc) is 3.44. The molecule has 160 valence electrons. The average molecular weight is 422 g/mol. The topological polar surface area (TPSA) is 107 Å². The summed E-state index contributed by atoms with van der Waals surface area (Å²) in [4.78, 5) is 30.8. The molecule has 1 saturated heterocycles. The Labute approximate surface area is 179 Å². The molecule has 1 aliphatic heterocycles. The van der Waals surface area contributed by atoms with Crippen molar-refractivity contribution >= 4 is 17.5 Å². The number of carbonyl (C=O) groups excluding carboxylic acids is 2. The second kappa shape index (κ2) is 8.86. The highest BCUT2D eigenvalue weighted by Crippen LogP contribution is 2.35. The van der Waals surface area contributed by atoms with E-state index < -0.39 is 0 Å². The number of nitrogens with one attached hydrogen (secondary N) is 1. The van der Waals surface area contributed by atoms with Crippen molar-refractivity contribution in [2.45, 2.75) is 18.9 Å². The second-order valence-electron chi connectivity index (χ2n) is 7.04. The van der Waals surface area contributed by atoms with Crippen LogP contribution in [0.4, 0.5) is 5.69 Å². The maximum atomic E-state index is 12.6. The van der Waals surface area contributed by atoms with Gasteiger partial charge in [0.15, 0.2) is 17.3 Å². The quantitative estimate of drug-likeness (QED) is 0.623. The van der Waals surface area contributed by atoms with E-state index in [0.29, 0.717) is 35.1 Å². The number of methoxy groups -OCH3 is 2. The van der Waals surface area contributed by atoms with E-state index in [2.05, 4.69) is 15.5 Å². The molecule has 31 heavy (non-hydrogen) atoms. The summed E-state index contributed by atoms with van der Waals surface area (Å²) in [6.07, 6.45) is 0.268. The summed E-state index contributed by atoms with van der Waals surface area (Å²) in [5.41, 5.74) is 1.26. The number of aromatic nitrogens is 2. The first-order valence-corrected chi connectivity index (χ1v) is 9.77. The smallest absolute Gasteiger partial charge is 0.251 e. The number of amides is 2. The number of anilines is 1. The van der Waals surface area contributed by atoms with Crippen LogP contribution in [0.2, 0.25) is 0 Å². The summed E-state index contributed by atoms with van der Waals surface area (Å²) in [5.74, 6) is 1.40. The molecule has 2 aromatic carbocycles. The Morgan fingerprint density at radius 1 is 1.16 bits per heavy atom. The lowest BCUT2D eigenvalue weighted by Gasteiger charge is -2.18. The molecule has 9 heteroatoms. The number of ether oxygens (including phenoxy) is 2. The summed E-state index contributed by atoms with van der Waals surface area (Å²) in [5, 5.41) is 6.76. The zero-order valence-corrected chi connectivity index (χ0v) is 17.2. The number of nitrogens with zero attached hydrogens (tertiary/aromatic N) is 3. The molecule has 0 bridgehead atoms. The first-order valence-electron chi connectivity index (χ1n) is 9.77. The zero-order valence-electron chi connectivity index (χ0n) is 17.2. The van der Waals surface area contributed by atoms with E-state index >= 15 is 0 Å². The number of hydrogen-bond donors (Lipinski definition) is 1. The first kappa shape index (κ1) is 20.4. The van der Waals surface area contributed by atoms with Gasteiger partial charge < -0.3 is 24.2 Å². The van der Waals surface area contributed by atoms with Crippen LogP contribution in [0.15, 0.2) is 53.1 Å². The highest BCUT2D eigenvalue weighted by Gasteiger charge is 2.35. The highest BCUT2D eigenvalue weighted by molar-refractivity contribution is 5.96. The van der Waals surface area contributed by atoms with Crippen molar-refractivity contribution in [1.29, 1.82) is 0 Å². The predicted octanol–water partition coefficient (Wildman–Crippen LogP) is 2.54. The van der Waals surface area contributed by atoms with Crippen LogP contribution in [-0.2, 0) is 11.3 Å². The molecule has 0 aliphatic carbocycles. The largest absolute Gasteiger partial charge is 0.493 e. The van der Waals surface area contributed by atoms with Crippen LogP contribution in [0, 0.1) is 0 Å². The third-order valence-electron chi connectivity index (χ3n) is 5.09. The van der Waals surface area contributed by atoms with Gasteiger partial charge in [-0.2, -0.15) is 4.98 Å². The monoisotopic (exact) mass is 422 g/mol. The van der Waals surface area contributed by atoms with Crippen LogP contribution < -0.4 is 19.7 Å². The molecular formula is C22H22N4O5. The molecule has 1 aromatic heterocycles. The zero-order chi connectivity index (χ0) is 21.8. The molecule has 2 heterocycles. The van der Waals surface area contributed by atoms with Gasteiger partial charge in [0, 0.05) is 36.2 Å². The molecule has 0 radical (unpaired) electrons. The lowest BCUT2D eigenvalue weighted by Crippen LogP contribution is -2.24.